The van der Waals surface area contributed by atoms with Gasteiger partial charge in [-0.15, -0.1) is 0 Å². The van der Waals surface area contributed by atoms with Crippen LogP contribution in [0.3, 0.4) is 0 Å². The van der Waals surface area contributed by atoms with Crippen LogP contribution in [-0.2, 0) is 0 Å². The molecule has 0 radical (unpaired) electrons. The number of benzene rings is 2. The Morgan fingerprint density at radius 3 is 2.67 bits per heavy atom. The van der Waals surface area contributed by atoms with E-state index in [9.17, 15) is 9.18 Å². The Balaban J connectivity index is 2.00. The SMILES string of the molecule is O=c1/c(=C/c2ccc(F)cc2)sc2nc3ccccc3n12. The van der Waals surface area contributed by atoms with E-state index in [1.165, 1.54) is 23.5 Å². The van der Waals surface area contributed by atoms with Crippen molar-refractivity contribution in [3.8, 4) is 0 Å². The number of fused-ring (bicyclic) bond motifs is 3. The van der Waals surface area contributed by atoms with Crippen LogP contribution in [0, 0.1) is 5.82 Å². The van der Waals surface area contributed by atoms with Gasteiger partial charge in [-0.25, -0.2) is 13.8 Å². The zero-order chi connectivity index (χ0) is 14.4. The van der Waals surface area contributed by atoms with Crippen molar-refractivity contribution in [2.45, 2.75) is 0 Å². The fourth-order valence-electron chi connectivity index (χ4n) is 2.32. The molecular formula is C16H9FN2OS. The van der Waals surface area contributed by atoms with Crippen LogP contribution >= 0.6 is 11.3 Å². The Bertz CT molecular complexity index is 1060. The molecule has 0 atom stereocenters. The zero-order valence-corrected chi connectivity index (χ0v) is 11.6. The number of imidazole rings is 1. The summed E-state index contributed by atoms with van der Waals surface area (Å²) in [4.78, 5) is 17.6. The van der Waals surface area contributed by atoms with Gasteiger partial charge in [-0.2, -0.15) is 0 Å². The first-order valence-corrected chi connectivity index (χ1v) is 7.21. The van der Waals surface area contributed by atoms with Gasteiger partial charge in [-0.1, -0.05) is 35.6 Å². The highest BCUT2D eigenvalue weighted by molar-refractivity contribution is 7.15. The highest BCUT2D eigenvalue weighted by atomic mass is 32.1. The Kier molecular flexibility index (Phi) is 2.62. The second kappa shape index (κ2) is 4.49. The van der Waals surface area contributed by atoms with Gasteiger partial charge in [0.25, 0.3) is 5.56 Å². The van der Waals surface area contributed by atoms with Crippen molar-refractivity contribution < 1.29 is 4.39 Å². The Morgan fingerprint density at radius 2 is 1.86 bits per heavy atom. The molecule has 102 valence electrons. The number of hydrogen-bond acceptors (Lipinski definition) is 3. The third kappa shape index (κ3) is 1.94. The summed E-state index contributed by atoms with van der Waals surface area (Å²) < 4.78 is 15.1. The van der Waals surface area contributed by atoms with E-state index in [0.29, 0.717) is 9.49 Å². The van der Waals surface area contributed by atoms with E-state index in [0.717, 1.165) is 16.6 Å². The van der Waals surface area contributed by atoms with Crippen LogP contribution in [0.25, 0.3) is 22.1 Å². The summed E-state index contributed by atoms with van der Waals surface area (Å²) in [5, 5.41) is 0. The molecule has 0 aliphatic carbocycles. The van der Waals surface area contributed by atoms with E-state index in [1.54, 1.807) is 22.6 Å². The van der Waals surface area contributed by atoms with Crippen molar-refractivity contribution >= 4 is 33.4 Å². The van der Waals surface area contributed by atoms with Gasteiger partial charge in [0.1, 0.15) is 5.82 Å². The summed E-state index contributed by atoms with van der Waals surface area (Å²) in [6.07, 6.45) is 1.76. The van der Waals surface area contributed by atoms with Gasteiger partial charge >= 0.3 is 0 Å². The summed E-state index contributed by atoms with van der Waals surface area (Å²) in [6.45, 7) is 0. The largest absolute Gasteiger partial charge is 0.274 e. The fraction of sp³-hybridized carbons (Fsp3) is 0. The van der Waals surface area contributed by atoms with Crippen molar-refractivity contribution in [3.63, 3.8) is 0 Å². The summed E-state index contributed by atoms with van der Waals surface area (Å²) in [6, 6.07) is 13.6. The van der Waals surface area contributed by atoms with Gasteiger partial charge in [0.05, 0.1) is 15.6 Å². The minimum Gasteiger partial charge on any atom is -0.267 e. The van der Waals surface area contributed by atoms with Gasteiger partial charge in [-0.3, -0.25) is 4.79 Å². The van der Waals surface area contributed by atoms with Crippen molar-refractivity contribution in [2.24, 2.45) is 0 Å². The number of para-hydroxylation sites is 2. The topological polar surface area (TPSA) is 34.4 Å². The second-order valence-electron chi connectivity index (χ2n) is 4.69. The molecule has 0 saturated carbocycles. The lowest BCUT2D eigenvalue weighted by Gasteiger charge is -1.90. The first kappa shape index (κ1) is 12.2. The van der Waals surface area contributed by atoms with E-state index < -0.39 is 0 Å². The Hall–Kier alpha value is -2.53. The van der Waals surface area contributed by atoms with Gasteiger partial charge in [-0.05, 0) is 35.9 Å². The highest BCUT2D eigenvalue weighted by Crippen LogP contribution is 2.15. The average Bonchev–Trinajstić information content (AvgIpc) is 2.99. The molecule has 0 aliphatic heterocycles. The molecule has 5 heteroatoms. The number of aromatic nitrogens is 2. The lowest BCUT2D eigenvalue weighted by Crippen LogP contribution is -2.22. The van der Waals surface area contributed by atoms with E-state index in [4.69, 9.17) is 0 Å². The van der Waals surface area contributed by atoms with Gasteiger partial charge in [0, 0.05) is 0 Å². The van der Waals surface area contributed by atoms with Crippen molar-refractivity contribution in [1.82, 2.24) is 9.38 Å². The molecule has 0 aliphatic rings. The fourth-order valence-corrected chi connectivity index (χ4v) is 3.31. The standard InChI is InChI=1S/C16H9FN2OS/c17-11-7-5-10(6-8-11)9-14-15(20)19-13-4-2-1-3-12(13)18-16(19)21-14/h1-9H/b14-9-. The van der Waals surface area contributed by atoms with Crippen molar-refractivity contribution in [2.75, 3.05) is 0 Å². The summed E-state index contributed by atoms with van der Waals surface area (Å²) >= 11 is 1.34. The quantitative estimate of drug-likeness (QED) is 0.541. The molecule has 0 spiro atoms. The molecular weight excluding hydrogens is 287 g/mol. The summed E-state index contributed by atoms with van der Waals surface area (Å²) in [5.41, 5.74) is 2.33. The van der Waals surface area contributed by atoms with Crippen LogP contribution in [-0.4, -0.2) is 9.38 Å². The maximum atomic E-state index is 12.9. The first-order valence-electron chi connectivity index (χ1n) is 6.40. The van der Waals surface area contributed by atoms with Gasteiger partial charge < -0.3 is 0 Å². The lowest BCUT2D eigenvalue weighted by atomic mass is 10.2. The number of rotatable bonds is 1. The van der Waals surface area contributed by atoms with E-state index in [-0.39, 0.29) is 11.4 Å². The molecule has 2 aromatic heterocycles. The molecule has 0 N–H and O–H groups in total. The Morgan fingerprint density at radius 1 is 1.10 bits per heavy atom. The third-order valence-corrected chi connectivity index (χ3v) is 4.28. The minimum atomic E-state index is -0.290. The lowest BCUT2D eigenvalue weighted by molar-refractivity contribution is 0.628. The third-order valence-electron chi connectivity index (χ3n) is 3.31. The predicted molar refractivity (Wildman–Crippen MR) is 82.0 cm³/mol. The predicted octanol–water partition coefficient (Wildman–Crippen LogP) is 2.60. The van der Waals surface area contributed by atoms with Gasteiger partial charge in [0.2, 0.25) is 0 Å². The molecule has 2 heterocycles. The number of nitrogens with zero attached hydrogens (tertiary/aromatic N) is 2. The normalized spacial score (nSPS) is 12.5. The molecule has 2 aromatic carbocycles. The van der Waals surface area contributed by atoms with Crippen LogP contribution in [0.2, 0.25) is 0 Å². The molecule has 3 nitrogen and oxygen atoms in total. The maximum Gasteiger partial charge on any atom is 0.274 e. The minimum absolute atomic E-state index is 0.0898. The number of hydrogen-bond donors (Lipinski definition) is 0. The zero-order valence-electron chi connectivity index (χ0n) is 10.8. The van der Waals surface area contributed by atoms with E-state index in [1.807, 2.05) is 24.3 Å². The molecule has 4 aromatic rings. The second-order valence-corrected chi connectivity index (χ2v) is 5.69. The molecule has 4 rings (SSSR count). The maximum absolute atomic E-state index is 12.9. The first-order chi connectivity index (χ1) is 10.2. The van der Waals surface area contributed by atoms with Crippen LogP contribution < -0.4 is 10.1 Å². The monoisotopic (exact) mass is 296 g/mol. The summed E-state index contributed by atoms with van der Waals surface area (Å²) in [5.74, 6) is -0.290. The molecule has 0 bridgehead atoms. The van der Waals surface area contributed by atoms with E-state index >= 15 is 0 Å². The van der Waals surface area contributed by atoms with Crippen molar-refractivity contribution in [1.29, 1.82) is 0 Å². The van der Waals surface area contributed by atoms with Gasteiger partial charge in [0.15, 0.2) is 4.96 Å². The van der Waals surface area contributed by atoms with Crippen LogP contribution in [0.1, 0.15) is 5.56 Å². The molecule has 0 amide bonds. The van der Waals surface area contributed by atoms with Crippen LogP contribution in [0.5, 0.6) is 0 Å². The molecule has 21 heavy (non-hydrogen) atoms. The molecule has 0 unspecified atom stereocenters. The average molecular weight is 296 g/mol. The summed E-state index contributed by atoms with van der Waals surface area (Å²) in [7, 11) is 0. The molecule has 0 saturated heterocycles. The Labute approximate surface area is 122 Å². The number of halogens is 1. The highest BCUT2D eigenvalue weighted by Gasteiger charge is 2.10. The van der Waals surface area contributed by atoms with E-state index in [2.05, 4.69) is 4.98 Å². The van der Waals surface area contributed by atoms with Crippen LogP contribution in [0.15, 0.2) is 53.3 Å². The van der Waals surface area contributed by atoms with Crippen molar-refractivity contribution in [3.05, 3.63) is 74.8 Å². The van der Waals surface area contributed by atoms with Crippen LogP contribution in [0.4, 0.5) is 4.39 Å². The smallest absolute Gasteiger partial charge is 0.267 e. The molecule has 0 fully saturated rings. The number of thiazole rings is 1.